The van der Waals surface area contributed by atoms with Gasteiger partial charge in [0.1, 0.15) is 0 Å². The van der Waals surface area contributed by atoms with E-state index in [1.165, 1.54) is 0 Å². The quantitative estimate of drug-likeness (QED) is 0.601. The Hall–Kier alpha value is -1.36. The lowest BCUT2D eigenvalue weighted by Crippen LogP contribution is -2.29. The molecule has 0 amide bonds. The van der Waals surface area contributed by atoms with Gasteiger partial charge >= 0.3 is 7.12 Å². The lowest BCUT2D eigenvalue weighted by atomic mass is 9.79. The molecule has 0 fully saturated rings. The van der Waals surface area contributed by atoms with E-state index in [2.05, 4.69) is 0 Å². The molecule has 0 saturated carbocycles. The van der Waals surface area contributed by atoms with Gasteiger partial charge in [-0.05, 0) is 21.8 Å². The molecule has 0 aliphatic heterocycles. The molecule has 0 bridgehead atoms. The van der Waals surface area contributed by atoms with Crippen molar-refractivity contribution in [3.8, 4) is 0 Å². The van der Waals surface area contributed by atoms with Gasteiger partial charge in [-0.1, -0.05) is 36.4 Å². The third-order valence-electron chi connectivity index (χ3n) is 2.46. The number of benzene rings is 2. The molecule has 3 N–H and O–H groups in total. The predicted octanol–water partition coefficient (Wildman–Crippen LogP) is 0.0119. The van der Waals surface area contributed by atoms with Gasteiger partial charge in [0.05, 0.1) is 6.61 Å². The van der Waals surface area contributed by atoms with Gasteiger partial charge < -0.3 is 15.2 Å². The number of fused-ring (bicyclic) bond motifs is 1. The highest BCUT2D eigenvalue weighted by molar-refractivity contribution is 6.58. The van der Waals surface area contributed by atoms with Crippen LogP contribution in [0, 0.1) is 0 Å². The molecule has 0 aromatic heterocycles. The number of hydrogen-bond acceptors (Lipinski definition) is 3. The zero-order valence-electron chi connectivity index (χ0n) is 8.09. The van der Waals surface area contributed by atoms with Crippen LogP contribution in [0.4, 0.5) is 0 Å². The van der Waals surface area contributed by atoms with Gasteiger partial charge in [-0.2, -0.15) is 0 Å². The van der Waals surface area contributed by atoms with Crippen LogP contribution in [0.1, 0.15) is 5.56 Å². The van der Waals surface area contributed by atoms with E-state index < -0.39 is 7.12 Å². The lowest BCUT2D eigenvalue weighted by Gasteiger charge is -2.05. The Morgan fingerprint density at radius 1 is 1.07 bits per heavy atom. The highest BCUT2D eigenvalue weighted by atomic mass is 16.4. The summed E-state index contributed by atoms with van der Waals surface area (Å²) in [6, 6.07) is 10.7. The highest BCUT2D eigenvalue weighted by Gasteiger charge is 2.11. The Morgan fingerprint density at radius 3 is 2.53 bits per heavy atom. The number of aliphatic hydroxyl groups excluding tert-OH is 1. The maximum Gasteiger partial charge on any atom is 0.488 e. The van der Waals surface area contributed by atoms with E-state index in [9.17, 15) is 0 Å². The molecule has 0 saturated heterocycles. The van der Waals surface area contributed by atoms with E-state index in [0.29, 0.717) is 5.46 Å². The molecule has 0 unspecified atom stereocenters. The van der Waals surface area contributed by atoms with Crippen LogP contribution < -0.4 is 5.46 Å². The Kier molecular flexibility index (Phi) is 2.73. The fraction of sp³-hybridized carbons (Fsp3) is 0.0909. The van der Waals surface area contributed by atoms with Crippen molar-refractivity contribution < 1.29 is 15.2 Å². The van der Waals surface area contributed by atoms with Crippen LogP contribution in [0.2, 0.25) is 0 Å². The topological polar surface area (TPSA) is 60.7 Å². The Labute approximate surface area is 87.8 Å². The first-order valence-corrected chi connectivity index (χ1v) is 4.71. The SMILES string of the molecule is OCc1cccc2cc(B(O)O)ccc12. The van der Waals surface area contributed by atoms with Gasteiger partial charge in [0.2, 0.25) is 0 Å². The molecule has 2 aromatic rings. The van der Waals surface area contributed by atoms with Crippen LogP contribution >= 0.6 is 0 Å². The summed E-state index contributed by atoms with van der Waals surface area (Å²) in [5, 5.41) is 29.0. The van der Waals surface area contributed by atoms with E-state index in [1.54, 1.807) is 18.2 Å². The van der Waals surface area contributed by atoms with E-state index in [0.717, 1.165) is 16.3 Å². The third kappa shape index (κ3) is 1.87. The van der Waals surface area contributed by atoms with Crippen molar-refractivity contribution in [3.05, 3.63) is 42.0 Å². The van der Waals surface area contributed by atoms with Crippen molar-refractivity contribution in [2.24, 2.45) is 0 Å². The van der Waals surface area contributed by atoms with Gasteiger partial charge in [-0.3, -0.25) is 0 Å². The van der Waals surface area contributed by atoms with Gasteiger partial charge in [-0.15, -0.1) is 0 Å². The van der Waals surface area contributed by atoms with E-state index in [-0.39, 0.29) is 6.61 Å². The molecular formula is C11H11BO3. The van der Waals surface area contributed by atoms with Gasteiger partial charge in [0.15, 0.2) is 0 Å². The van der Waals surface area contributed by atoms with E-state index >= 15 is 0 Å². The largest absolute Gasteiger partial charge is 0.488 e. The first-order chi connectivity index (χ1) is 7.22. The molecule has 76 valence electrons. The van der Waals surface area contributed by atoms with Crippen LogP contribution in [-0.4, -0.2) is 22.3 Å². The molecule has 0 atom stereocenters. The molecule has 0 radical (unpaired) electrons. The summed E-state index contributed by atoms with van der Waals surface area (Å²) in [5.41, 5.74) is 1.30. The second kappa shape index (κ2) is 4.02. The number of rotatable bonds is 2. The molecule has 0 aliphatic rings. The zero-order valence-corrected chi connectivity index (χ0v) is 8.09. The van der Waals surface area contributed by atoms with E-state index in [4.69, 9.17) is 15.2 Å². The molecule has 3 nitrogen and oxygen atoms in total. The van der Waals surface area contributed by atoms with E-state index in [1.807, 2.05) is 18.2 Å². The maximum atomic E-state index is 9.12. The van der Waals surface area contributed by atoms with Crippen LogP contribution in [0.5, 0.6) is 0 Å². The van der Waals surface area contributed by atoms with Crippen molar-refractivity contribution in [3.63, 3.8) is 0 Å². The molecule has 2 aromatic carbocycles. The average Bonchev–Trinajstić information content (AvgIpc) is 2.27. The number of hydrogen-bond donors (Lipinski definition) is 3. The molecule has 0 spiro atoms. The van der Waals surface area contributed by atoms with Gasteiger partial charge in [-0.25, -0.2) is 0 Å². The normalized spacial score (nSPS) is 10.6. The van der Waals surface area contributed by atoms with Crippen molar-refractivity contribution in [1.82, 2.24) is 0 Å². The number of aliphatic hydroxyl groups is 1. The fourth-order valence-electron chi connectivity index (χ4n) is 1.67. The monoisotopic (exact) mass is 202 g/mol. The van der Waals surface area contributed by atoms with Gasteiger partial charge in [0, 0.05) is 0 Å². The minimum absolute atomic E-state index is 0.0155. The fourth-order valence-corrected chi connectivity index (χ4v) is 1.67. The minimum atomic E-state index is -1.45. The van der Waals surface area contributed by atoms with Crippen molar-refractivity contribution in [2.75, 3.05) is 0 Å². The molecule has 2 rings (SSSR count). The Morgan fingerprint density at radius 2 is 1.87 bits per heavy atom. The standard InChI is InChI=1S/C11H11BO3/c13-7-9-3-1-2-8-6-10(12(14)15)4-5-11(8)9/h1-6,13-15H,7H2. The summed E-state index contributed by atoms with van der Waals surface area (Å²) < 4.78 is 0. The smallest absolute Gasteiger partial charge is 0.423 e. The first kappa shape index (κ1) is 10.2. The summed E-state index contributed by atoms with van der Waals surface area (Å²) in [6.07, 6.45) is 0. The first-order valence-electron chi connectivity index (χ1n) is 4.71. The van der Waals surface area contributed by atoms with Crippen LogP contribution in [0.15, 0.2) is 36.4 Å². The molecule has 4 heteroatoms. The van der Waals surface area contributed by atoms with Crippen LogP contribution in [-0.2, 0) is 6.61 Å². The second-order valence-corrected chi connectivity index (χ2v) is 3.43. The molecular weight excluding hydrogens is 191 g/mol. The predicted molar refractivity (Wildman–Crippen MR) is 59.7 cm³/mol. The van der Waals surface area contributed by atoms with Crippen molar-refractivity contribution in [1.29, 1.82) is 0 Å². The lowest BCUT2D eigenvalue weighted by molar-refractivity contribution is 0.283. The minimum Gasteiger partial charge on any atom is -0.423 e. The van der Waals surface area contributed by atoms with Crippen molar-refractivity contribution >= 4 is 23.4 Å². The Bertz CT molecular complexity index is 482. The summed E-state index contributed by atoms with van der Waals surface area (Å²) in [6.45, 7) is -0.0155. The van der Waals surface area contributed by atoms with Gasteiger partial charge in [0.25, 0.3) is 0 Å². The molecule has 0 heterocycles. The molecule has 0 aliphatic carbocycles. The summed E-state index contributed by atoms with van der Waals surface area (Å²) >= 11 is 0. The summed E-state index contributed by atoms with van der Waals surface area (Å²) in [5.74, 6) is 0. The van der Waals surface area contributed by atoms with Crippen LogP contribution in [0.3, 0.4) is 0 Å². The second-order valence-electron chi connectivity index (χ2n) is 3.43. The summed E-state index contributed by atoms with van der Waals surface area (Å²) in [4.78, 5) is 0. The Balaban J connectivity index is 2.63. The third-order valence-corrected chi connectivity index (χ3v) is 2.46. The maximum absolute atomic E-state index is 9.12. The average molecular weight is 202 g/mol. The zero-order chi connectivity index (χ0) is 10.8. The molecule has 15 heavy (non-hydrogen) atoms. The summed E-state index contributed by atoms with van der Waals surface area (Å²) in [7, 11) is -1.45. The van der Waals surface area contributed by atoms with Crippen molar-refractivity contribution in [2.45, 2.75) is 6.61 Å². The van der Waals surface area contributed by atoms with Crippen LogP contribution in [0.25, 0.3) is 10.8 Å². The highest BCUT2D eigenvalue weighted by Crippen LogP contribution is 2.17.